The normalized spacial score (nSPS) is 30.0. The van der Waals surface area contributed by atoms with Crippen LogP contribution in [0.5, 0.6) is 0 Å². The Morgan fingerprint density at radius 1 is 1.13 bits per heavy atom. The fourth-order valence-corrected chi connectivity index (χ4v) is 3.83. The lowest BCUT2D eigenvalue weighted by atomic mass is 9.77. The molecule has 0 spiro atoms. The highest BCUT2D eigenvalue weighted by Crippen LogP contribution is 2.37. The summed E-state index contributed by atoms with van der Waals surface area (Å²) in [6.07, 6.45) is 13.0. The van der Waals surface area contributed by atoms with Crippen molar-refractivity contribution in [3.63, 3.8) is 0 Å². The molecule has 23 heavy (non-hydrogen) atoms. The molecule has 0 radical (unpaired) electrons. The van der Waals surface area contributed by atoms with Crippen LogP contribution < -0.4 is 0 Å². The van der Waals surface area contributed by atoms with E-state index in [1.165, 1.54) is 0 Å². The molecule has 0 aliphatic heterocycles. The summed E-state index contributed by atoms with van der Waals surface area (Å²) in [6, 6.07) is 0. The highest BCUT2D eigenvalue weighted by Gasteiger charge is 2.39. The number of rotatable bonds is 10. The lowest BCUT2D eigenvalue weighted by Gasteiger charge is -2.35. The number of hydrogen-bond acceptors (Lipinski definition) is 4. The number of aliphatic hydroxyl groups is 3. The summed E-state index contributed by atoms with van der Waals surface area (Å²) >= 11 is 0. The van der Waals surface area contributed by atoms with Crippen LogP contribution in [0.2, 0.25) is 0 Å². The molecule has 2 rings (SSSR count). The van der Waals surface area contributed by atoms with Gasteiger partial charge in [0.1, 0.15) is 5.78 Å². The molecule has 4 nitrogen and oxygen atoms in total. The Kier molecular flexibility index (Phi) is 7.25. The predicted octanol–water partition coefficient (Wildman–Crippen LogP) is 2.75. The highest BCUT2D eigenvalue weighted by molar-refractivity contribution is 5.84. The molecule has 3 N–H and O–H groups in total. The first-order valence-electron chi connectivity index (χ1n) is 9.26. The Morgan fingerprint density at radius 3 is 2.48 bits per heavy atom. The van der Waals surface area contributed by atoms with E-state index in [4.69, 9.17) is 5.11 Å². The van der Waals surface area contributed by atoms with E-state index in [-0.39, 0.29) is 30.6 Å². The number of hydrogen-bond donors (Lipinski definition) is 3. The largest absolute Gasteiger partial charge is 0.396 e. The van der Waals surface area contributed by atoms with Crippen LogP contribution in [0, 0.1) is 11.8 Å². The van der Waals surface area contributed by atoms with Gasteiger partial charge in [-0.2, -0.15) is 0 Å². The van der Waals surface area contributed by atoms with E-state index in [1.807, 2.05) is 12.2 Å². The first-order chi connectivity index (χ1) is 11.1. The van der Waals surface area contributed by atoms with Gasteiger partial charge < -0.3 is 15.3 Å². The fourth-order valence-electron chi connectivity index (χ4n) is 3.83. The molecular weight excluding hydrogens is 292 g/mol. The average Bonchev–Trinajstić information content (AvgIpc) is 2.75. The molecule has 4 heteroatoms. The predicted molar refractivity (Wildman–Crippen MR) is 90.0 cm³/mol. The van der Waals surface area contributed by atoms with Gasteiger partial charge >= 0.3 is 0 Å². The van der Waals surface area contributed by atoms with E-state index in [9.17, 15) is 15.0 Å². The van der Waals surface area contributed by atoms with Gasteiger partial charge in [-0.1, -0.05) is 37.8 Å². The zero-order valence-corrected chi connectivity index (χ0v) is 14.1. The maximum absolute atomic E-state index is 12.1. The summed E-state index contributed by atoms with van der Waals surface area (Å²) in [6.45, 7) is 0.256. The molecule has 0 aromatic carbocycles. The number of aliphatic hydroxyl groups excluding tert-OH is 2. The van der Waals surface area contributed by atoms with Crippen LogP contribution in [-0.4, -0.2) is 39.4 Å². The van der Waals surface area contributed by atoms with Crippen molar-refractivity contribution in [3.8, 4) is 0 Å². The monoisotopic (exact) mass is 324 g/mol. The van der Waals surface area contributed by atoms with Gasteiger partial charge in [-0.25, -0.2) is 0 Å². The molecule has 0 aromatic rings. The molecular formula is C19H32O4. The molecule has 0 unspecified atom stereocenters. The second-order valence-corrected chi connectivity index (χ2v) is 7.41. The molecule has 3 atom stereocenters. The molecule has 2 aliphatic carbocycles. The van der Waals surface area contributed by atoms with Gasteiger partial charge in [-0.3, -0.25) is 4.79 Å². The van der Waals surface area contributed by atoms with E-state index in [0.717, 1.165) is 57.8 Å². The number of unbranched alkanes of at least 4 members (excludes halogenated alkanes) is 4. The summed E-state index contributed by atoms with van der Waals surface area (Å²) in [5.74, 6) is 0.0450. The number of carbonyl (C=O) groups is 1. The molecule has 0 saturated heterocycles. The zero-order valence-electron chi connectivity index (χ0n) is 14.1. The van der Waals surface area contributed by atoms with E-state index >= 15 is 0 Å². The minimum absolute atomic E-state index is 0.0601. The van der Waals surface area contributed by atoms with E-state index in [0.29, 0.717) is 6.42 Å². The van der Waals surface area contributed by atoms with Gasteiger partial charge in [0.05, 0.1) is 11.7 Å². The number of ketones is 1. The minimum Gasteiger partial charge on any atom is -0.396 e. The first kappa shape index (κ1) is 18.6. The standard InChI is InChI=1S/C19H32O4/c20-13-5-3-1-2-4-8-15-16(18(22)14-17(15)21)9-6-10-19(23)11-7-12-19/h6,9,15-16,18,20,22-23H,1-5,7-8,10-14H2/t15-,16-,18-/m1/s1. The van der Waals surface area contributed by atoms with Crippen LogP contribution in [0.25, 0.3) is 0 Å². The molecule has 0 heterocycles. The molecule has 2 aliphatic rings. The van der Waals surface area contributed by atoms with Gasteiger partial charge in [-0.05, 0) is 38.5 Å². The van der Waals surface area contributed by atoms with Crippen LogP contribution >= 0.6 is 0 Å². The van der Waals surface area contributed by atoms with Gasteiger partial charge in [0.25, 0.3) is 0 Å². The molecule has 0 bridgehead atoms. The van der Waals surface area contributed by atoms with Crippen LogP contribution in [0.15, 0.2) is 12.2 Å². The topological polar surface area (TPSA) is 77.8 Å². The summed E-state index contributed by atoms with van der Waals surface area (Å²) < 4.78 is 0. The van der Waals surface area contributed by atoms with Crippen molar-refractivity contribution >= 4 is 5.78 Å². The second kappa shape index (κ2) is 8.95. The van der Waals surface area contributed by atoms with Crippen molar-refractivity contribution in [2.45, 2.75) is 82.3 Å². The van der Waals surface area contributed by atoms with E-state index < -0.39 is 11.7 Å². The Balaban J connectivity index is 1.76. The minimum atomic E-state index is -0.561. The summed E-state index contributed by atoms with van der Waals surface area (Å²) in [5, 5.41) is 29.0. The maximum Gasteiger partial charge on any atom is 0.139 e. The molecule has 0 amide bonds. The average molecular weight is 324 g/mol. The Morgan fingerprint density at radius 2 is 1.83 bits per heavy atom. The highest BCUT2D eigenvalue weighted by atomic mass is 16.3. The van der Waals surface area contributed by atoms with Gasteiger partial charge in [0, 0.05) is 24.9 Å². The SMILES string of the molecule is O=C1C[C@@H](O)[C@H](C=CCC2(O)CCC2)[C@H]1CCCCCCCO. The zero-order chi connectivity index (χ0) is 16.7. The van der Waals surface area contributed by atoms with Crippen LogP contribution in [-0.2, 0) is 4.79 Å². The first-order valence-corrected chi connectivity index (χ1v) is 9.26. The van der Waals surface area contributed by atoms with Crippen molar-refractivity contribution in [1.82, 2.24) is 0 Å². The summed E-state index contributed by atoms with van der Waals surface area (Å²) in [4.78, 5) is 12.1. The summed E-state index contributed by atoms with van der Waals surface area (Å²) in [5.41, 5.74) is -0.535. The fraction of sp³-hybridized carbons (Fsp3) is 0.842. The Hall–Kier alpha value is -0.710. The molecule has 0 aromatic heterocycles. The van der Waals surface area contributed by atoms with Crippen molar-refractivity contribution in [3.05, 3.63) is 12.2 Å². The van der Waals surface area contributed by atoms with Crippen molar-refractivity contribution in [1.29, 1.82) is 0 Å². The lowest BCUT2D eigenvalue weighted by Crippen LogP contribution is -2.35. The van der Waals surface area contributed by atoms with Crippen molar-refractivity contribution in [2.75, 3.05) is 6.61 Å². The third kappa shape index (κ3) is 5.40. The van der Waals surface area contributed by atoms with Crippen LogP contribution in [0.3, 0.4) is 0 Å². The third-order valence-corrected chi connectivity index (χ3v) is 5.55. The van der Waals surface area contributed by atoms with E-state index in [2.05, 4.69) is 0 Å². The van der Waals surface area contributed by atoms with Gasteiger partial charge in [-0.15, -0.1) is 0 Å². The third-order valence-electron chi connectivity index (χ3n) is 5.55. The van der Waals surface area contributed by atoms with Gasteiger partial charge in [0.2, 0.25) is 0 Å². The Labute approximate surface area is 139 Å². The van der Waals surface area contributed by atoms with Crippen molar-refractivity contribution in [2.24, 2.45) is 11.8 Å². The van der Waals surface area contributed by atoms with Crippen molar-refractivity contribution < 1.29 is 20.1 Å². The molecule has 2 fully saturated rings. The molecule has 132 valence electrons. The summed E-state index contributed by atoms with van der Waals surface area (Å²) in [7, 11) is 0. The van der Waals surface area contributed by atoms with Gasteiger partial charge in [0.15, 0.2) is 0 Å². The Bertz CT molecular complexity index is 400. The second-order valence-electron chi connectivity index (χ2n) is 7.41. The quantitative estimate of drug-likeness (QED) is 0.426. The number of Topliss-reactive ketones (excluding diaryl/α,β-unsaturated/α-hetero) is 1. The molecule has 2 saturated carbocycles. The number of carbonyl (C=O) groups excluding carboxylic acids is 1. The van der Waals surface area contributed by atoms with E-state index in [1.54, 1.807) is 0 Å². The maximum atomic E-state index is 12.1. The van der Waals surface area contributed by atoms with Crippen LogP contribution in [0.1, 0.15) is 70.6 Å². The van der Waals surface area contributed by atoms with Crippen LogP contribution in [0.4, 0.5) is 0 Å². The smallest absolute Gasteiger partial charge is 0.139 e. The lowest BCUT2D eigenvalue weighted by molar-refractivity contribution is -0.121.